The Morgan fingerprint density at radius 2 is 1.83 bits per heavy atom. The van der Waals surface area contributed by atoms with Gasteiger partial charge in [-0.05, 0) is 89.0 Å². The summed E-state index contributed by atoms with van der Waals surface area (Å²) in [5, 5.41) is 3.40. The monoisotopic (exact) mass is 475 g/mol. The molecule has 2 unspecified atom stereocenters. The zero-order valence-corrected chi connectivity index (χ0v) is 22.5. The average Bonchev–Trinajstić information content (AvgIpc) is 2.85. The number of hydrogen-bond acceptors (Lipinski definition) is 3. The van der Waals surface area contributed by atoms with Crippen LogP contribution in [0.3, 0.4) is 0 Å². The molecule has 0 spiro atoms. The van der Waals surface area contributed by atoms with Gasteiger partial charge in [-0.3, -0.25) is 9.69 Å². The molecule has 2 atom stereocenters. The van der Waals surface area contributed by atoms with Crippen molar-refractivity contribution in [2.45, 2.75) is 91.3 Å². The van der Waals surface area contributed by atoms with Crippen LogP contribution in [0.25, 0.3) is 5.57 Å². The summed E-state index contributed by atoms with van der Waals surface area (Å²) in [6.07, 6.45) is 13.2. The second-order valence-corrected chi connectivity index (χ2v) is 11.3. The lowest BCUT2D eigenvalue weighted by Gasteiger charge is -2.43. The van der Waals surface area contributed by atoms with Crippen LogP contribution >= 0.6 is 0 Å². The molecule has 4 nitrogen and oxygen atoms in total. The summed E-state index contributed by atoms with van der Waals surface area (Å²) in [4.78, 5) is 18.4. The third kappa shape index (κ3) is 6.27. The first kappa shape index (κ1) is 25.8. The topological polar surface area (TPSA) is 35.6 Å². The highest BCUT2D eigenvalue weighted by Gasteiger charge is 2.33. The molecule has 0 radical (unpaired) electrons. The van der Waals surface area contributed by atoms with Crippen LogP contribution < -0.4 is 5.32 Å². The van der Waals surface area contributed by atoms with Crippen LogP contribution in [-0.4, -0.2) is 53.5 Å². The first-order valence-electron chi connectivity index (χ1n) is 13.8. The Hall–Kier alpha value is -2.33. The fourth-order valence-corrected chi connectivity index (χ4v) is 6.14. The summed E-state index contributed by atoms with van der Waals surface area (Å²) in [6, 6.07) is 9.49. The Kier molecular flexibility index (Phi) is 8.54. The van der Waals surface area contributed by atoms with Gasteiger partial charge >= 0.3 is 0 Å². The highest BCUT2D eigenvalue weighted by atomic mass is 16.1. The molecular formula is C31H45N3O. The molecule has 1 aromatic rings. The SMILES string of the molecule is CC1CC2=C(CC1NC(=O)c1ccc(C3=CC=CCC3)cc1)N(CCN(C(C)C)C(C)C)CCC2. The molecular weight excluding hydrogens is 430 g/mol. The Balaban J connectivity index is 1.40. The summed E-state index contributed by atoms with van der Waals surface area (Å²) >= 11 is 0. The number of hydrogen-bond donors (Lipinski definition) is 1. The van der Waals surface area contributed by atoms with Gasteiger partial charge in [-0.15, -0.1) is 0 Å². The van der Waals surface area contributed by atoms with Crippen molar-refractivity contribution >= 4 is 11.5 Å². The Bertz CT molecular complexity index is 961. The molecule has 3 aliphatic rings. The zero-order chi connectivity index (χ0) is 24.9. The fraction of sp³-hybridized carbons (Fsp3) is 0.581. The normalized spacial score (nSPS) is 22.6. The molecule has 1 N–H and O–H groups in total. The number of amides is 1. The second kappa shape index (κ2) is 11.6. The van der Waals surface area contributed by atoms with E-state index in [9.17, 15) is 4.79 Å². The predicted octanol–water partition coefficient (Wildman–Crippen LogP) is 6.42. The first-order valence-corrected chi connectivity index (χ1v) is 13.8. The molecule has 0 saturated carbocycles. The lowest BCUT2D eigenvalue weighted by atomic mass is 9.80. The summed E-state index contributed by atoms with van der Waals surface area (Å²) < 4.78 is 0. The minimum atomic E-state index is 0.0584. The molecule has 4 rings (SSSR count). The first-order chi connectivity index (χ1) is 16.8. The van der Waals surface area contributed by atoms with Crippen molar-refractivity contribution in [2.24, 2.45) is 5.92 Å². The van der Waals surface area contributed by atoms with Crippen molar-refractivity contribution in [2.75, 3.05) is 19.6 Å². The van der Waals surface area contributed by atoms with Crippen molar-refractivity contribution in [1.82, 2.24) is 15.1 Å². The number of carbonyl (C=O) groups is 1. The van der Waals surface area contributed by atoms with Crippen molar-refractivity contribution in [3.05, 3.63) is 64.9 Å². The molecule has 1 aliphatic heterocycles. The van der Waals surface area contributed by atoms with Crippen LogP contribution in [0.15, 0.2) is 53.8 Å². The standard InChI is InChI=1S/C31H45N3O/c1-22(2)34(23(3)4)19-18-33-17-9-12-28-20-24(5)29(21-30(28)33)32-31(35)27-15-13-26(14-16-27)25-10-7-6-8-11-25/h6-7,10,13-16,22-24,29H,8-9,11-12,17-21H2,1-5H3,(H,32,35). The molecule has 35 heavy (non-hydrogen) atoms. The zero-order valence-electron chi connectivity index (χ0n) is 22.5. The molecule has 1 heterocycles. The maximum absolute atomic E-state index is 13.2. The van der Waals surface area contributed by atoms with Gasteiger partial charge in [0, 0.05) is 55.4 Å². The van der Waals surface area contributed by atoms with Gasteiger partial charge in [-0.25, -0.2) is 0 Å². The number of allylic oxidation sites excluding steroid dienone is 5. The molecule has 4 heteroatoms. The van der Waals surface area contributed by atoms with Gasteiger partial charge in [0.25, 0.3) is 5.91 Å². The Morgan fingerprint density at radius 3 is 2.49 bits per heavy atom. The van der Waals surface area contributed by atoms with Gasteiger partial charge in [0.1, 0.15) is 0 Å². The van der Waals surface area contributed by atoms with Crippen molar-refractivity contribution < 1.29 is 4.79 Å². The molecule has 0 bridgehead atoms. The van der Waals surface area contributed by atoms with E-state index in [1.807, 2.05) is 12.1 Å². The predicted molar refractivity (Wildman–Crippen MR) is 147 cm³/mol. The third-order valence-electron chi connectivity index (χ3n) is 8.17. The fourth-order valence-electron chi connectivity index (χ4n) is 6.14. The smallest absolute Gasteiger partial charge is 0.251 e. The number of nitrogens with one attached hydrogen (secondary N) is 1. The summed E-state index contributed by atoms with van der Waals surface area (Å²) in [6.45, 7) is 14.8. The number of rotatable bonds is 8. The van der Waals surface area contributed by atoms with E-state index < -0.39 is 0 Å². The van der Waals surface area contributed by atoms with E-state index in [2.05, 4.69) is 80.1 Å². The minimum Gasteiger partial charge on any atom is -0.373 e. The average molecular weight is 476 g/mol. The van der Waals surface area contributed by atoms with Crippen molar-refractivity contribution in [3.63, 3.8) is 0 Å². The van der Waals surface area contributed by atoms with Gasteiger partial charge in [0.15, 0.2) is 0 Å². The van der Waals surface area contributed by atoms with Gasteiger partial charge in [-0.2, -0.15) is 0 Å². The maximum Gasteiger partial charge on any atom is 0.251 e. The van der Waals surface area contributed by atoms with E-state index in [4.69, 9.17) is 0 Å². The van der Waals surface area contributed by atoms with Crippen LogP contribution in [0.1, 0.15) is 89.1 Å². The van der Waals surface area contributed by atoms with Crippen LogP contribution in [-0.2, 0) is 0 Å². The second-order valence-electron chi connectivity index (χ2n) is 11.3. The van der Waals surface area contributed by atoms with E-state index in [-0.39, 0.29) is 11.9 Å². The lowest BCUT2D eigenvalue weighted by molar-refractivity contribution is 0.0912. The van der Waals surface area contributed by atoms with E-state index in [0.717, 1.165) is 50.9 Å². The van der Waals surface area contributed by atoms with Crippen molar-refractivity contribution in [1.29, 1.82) is 0 Å². The van der Waals surface area contributed by atoms with Crippen LogP contribution in [0.4, 0.5) is 0 Å². The molecule has 190 valence electrons. The van der Waals surface area contributed by atoms with Gasteiger partial charge in [0.05, 0.1) is 0 Å². The van der Waals surface area contributed by atoms with E-state index >= 15 is 0 Å². The minimum absolute atomic E-state index is 0.0584. The number of carbonyl (C=O) groups excluding carboxylic acids is 1. The quantitative estimate of drug-likeness (QED) is 0.471. The highest BCUT2D eigenvalue weighted by Crippen LogP contribution is 2.37. The summed E-state index contributed by atoms with van der Waals surface area (Å²) in [7, 11) is 0. The van der Waals surface area contributed by atoms with Gasteiger partial charge in [0.2, 0.25) is 0 Å². The van der Waals surface area contributed by atoms with Crippen LogP contribution in [0, 0.1) is 5.92 Å². The van der Waals surface area contributed by atoms with Gasteiger partial charge < -0.3 is 10.2 Å². The Morgan fingerprint density at radius 1 is 1.09 bits per heavy atom. The molecule has 0 saturated heterocycles. The summed E-state index contributed by atoms with van der Waals surface area (Å²) in [5.74, 6) is 0.530. The van der Waals surface area contributed by atoms with Crippen molar-refractivity contribution in [3.8, 4) is 0 Å². The molecule has 0 aromatic heterocycles. The lowest BCUT2D eigenvalue weighted by Crippen LogP contribution is -2.47. The van der Waals surface area contributed by atoms with Crippen LogP contribution in [0.5, 0.6) is 0 Å². The van der Waals surface area contributed by atoms with E-state index in [0.29, 0.717) is 18.0 Å². The summed E-state index contributed by atoms with van der Waals surface area (Å²) in [5.41, 5.74) is 6.48. The van der Waals surface area contributed by atoms with Gasteiger partial charge in [-0.1, -0.05) is 42.9 Å². The largest absolute Gasteiger partial charge is 0.373 e. The van der Waals surface area contributed by atoms with E-state index in [1.54, 1.807) is 5.57 Å². The third-order valence-corrected chi connectivity index (χ3v) is 8.17. The number of benzene rings is 1. The molecule has 1 amide bonds. The molecule has 0 fully saturated rings. The van der Waals surface area contributed by atoms with Crippen LogP contribution in [0.2, 0.25) is 0 Å². The number of nitrogens with zero attached hydrogens (tertiary/aromatic N) is 2. The highest BCUT2D eigenvalue weighted by molar-refractivity contribution is 5.94. The maximum atomic E-state index is 13.2. The Labute approximate surface area is 213 Å². The molecule has 1 aromatic carbocycles. The molecule has 2 aliphatic carbocycles. The van der Waals surface area contributed by atoms with E-state index in [1.165, 1.54) is 29.7 Å².